The van der Waals surface area contributed by atoms with Crippen LogP contribution >= 0.6 is 7.82 Å². The van der Waals surface area contributed by atoms with E-state index >= 15 is 0 Å². The van der Waals surface area contributed by atoms with Crippen LogP contribution in [0.15, 0.2) is 5.16 Å². The SMILES string of the molecule is Cc1n[c-]nc2c1nc1n2[C@H]2C[C@@H](COP(=O)(O)O)[C@H](C2)CS1=O.[Y]. The molecule has 2 N–H and O–H groups in total. The summed E-state index contributed by atoms with van der Waals surface area (Å²) in [6.07, 6.45) is 4.05. The average molecular weight is 460 g/mol. The van der Waals surface area contributed by atoms with Crippen molar-refractivity contribution in [2.24, 2.45) is 11.8 Å². The van der Waals surface area contributed by atoms with Gasteiger partial charge in [-0.25, -0.2) is 9.55 Å². The normalized spacial score (nSPS) is 28.4. The van der Waals surface area contributed by atoms with Crippen LogP contribution in [0, 0.1) is 25.1 Å². The molecule has 0 aromatic carbocycles. The van der Waals surface area contributed by atoms with E-state index < -0.39 is 18.6 Å². The van der Waals surface area contributed by atoms with Crippen LogP contribution in [0.4, 0.5) is 0 Å². The van der Waals surface area contributed by atoms with Gasteiger partial charge < -0.3 is 24.3 Å². The minimum atomic E-state index is -4.50. The van der Waals surface area contributed by atoms with E-state index in [1.165, 1.54) is 0 Å². The number of hydrogen-bond acceptors (Lipinski definition) is 6. The Hall–Kier alpha value is -0.0861. The number of imidazole rings is 1. The molecule has 2 aromatic heterocycles. The van der Waals surface area contributed by atoms with E-state index in [4.69, 9.17) is 9.79 Å². The molecule has 4 rings (SSSR count). The molecule has 0 amide bonds. The van der Waals surface area contributed by atoms with Crippen molar-refractivity contribution >= 4 is 29.8 Å². The van der Waals surface area contributed by atoms with E-state index in [0.717, 1.165) is 6.42 Å². The van der Waals surface area contributed by atoms with Gasteiger partial charge in [0.25, 0.3) is 0 Å². The molecule has 4 atom stereocenters. The first kappa shape index (κ1) is 19.7. The van der Waals surface area contributed by atoms with Gasteiger partial charge in [-0.2, -0.15) is 0 Å². The number of aryl methyl sites for hydroxylation is 1. The van der Waals surface area contributed by atoms with Gasteiger partial charge in [0.2, 0.25) is 0 Å². The molecule has 1 fully saturated rings. The van der Waals surface area contributed by atoms with Gasteiger partial charge >= 0.3 is 7.82 Å². The topological polar surface area (TPSA) is 127 Å². The number of hydrogen-bond donors (Lipinski definition) is 2. The van der Waals surface area contributed by atoms with Crippen LogP contribution in [-0.4, -0.2) is 45.9 Å². The Morgan fingerprint density at radius 3 is 2.88 bits per heavy atom. The molecule has 2 bridgehead atoms. The summed E-state index contributed by atoms with van der Waals surface area (Å²) in [6, 6.07) is 0.0366. The quantitative estimate of drug-likeness (QED) is 0.507. The summed E-state index contributed by atoms with van der Waals surface area (Å²) in [7, 11) is -5.80. The third-order valence-corrected chi connectivity index (χ3v) is 6.69. The van der Waals surface area contributed by atoms with Gasteiger partial charge in [0.15, 0.2) is 5.16 Å². The summed E-state index contributed by atoms with van der Waals surface area (Å²) < 4.78 is 30.2. The number of rotatable bonds is 3. The van der Waals surface area contributed by atoms with Gasteiger partial charge in [-0.1, -0.05) is 6.92 Å². The summed E-state index contributed by atoms with van der Waals surface area (Å²) in [5, 5.41) is 0.504. The van der Waals surface area contributed by atoms with Crippen LogP contribution < -0.4 is 0 Å². The first-order valence-electron chi connectivity index (χ1n) is 7.54. The molecule has 1 aliphatic heterocycles. The van der Waals surface area contributed by atoms with Crippen LogP contribution in [0.3, 0.4) is 0 Å². The van der Waals surface area contributed by atoms with Gasteiger partial charge in [-0.3, -0.25) is 8.73 Å². The van der Waals surface area contributed by atoms with Crippen LogP contribution in [0.1, 0.15) is 24.6 Å². The maximum Gasteiger partial charge on any atom is 0.469 e. The molecular formula is C13H16N4O5PSY-. The Labute approximate surface area is 171 Å². The maximum atomic E-state index is 12.7. The Morgan fingerprint density at radius 1 is 1.40 bits per heavy atom. The molecule has 0 saturated heterocycles. The second kappa shape index (κ2) is 7.15. The summed E-state index contributed by atoms with van der Waals surface area (Å²) in [4.78, 5) is 30.5. The minimum absolute atomic E-state index is 0. The van der Waals surface area contributed by atoms with Crippen molar-refractivity contribution in [2.75, 3.05) is 12.4 Å². The molecular weight excluding hydrogens is 444 g/mol. The third-order valence-electron chi connectivity index (χ3n) is 4.78. The molecule has 133 valence electrons. The van der Waals surface area contributed by atoms with Crippen molar-refractivity contribution in [3.63, 3.8) is 0 Å². The van der Waals surface area contributed by atoms with E-state index in [1.807, 2.05) is 11.5 Å². The largest absolute Gasteiger partial charge is 0.469 e. The Balaban J connectivity index is 0.00000182. The smallest absolute Gasteiger partial charge is 0.369 e. The van der Waals surface area contributed by atoms with Crippen molar-refractivity contribution in [3.05, 3.63) is 12.0 Å². The molecule has 1 radical (unpaired) electrons. The van der Waals surface area contributed by atoms with Gasteiger partial charge in [-0.05, 0) is 30.4 Å². The van der Waals surface area contributed by atoms with E-state index in [2.05, 4.69) is 25.8 Å². The minimum Gasteiger partial charge on any atom is -0.369 e. The predicted octanol–water partition coefficient (Wildman–Crippen LogP) is 0.730. The maximum absolute atomic E-state index is 12.7. The van der Waals surface area contributed by atoms with E-state index in [1.54, 1.807) is 0 Å². The van der Waals surface area contributed by atoms with Crippen molar-refractivity contribution in [1.82, 2.24) is 19.5 Å². The van der Waals surface area contributed by atoms with Gasteiger partial charge in [0, 0.05) is 62.0 Å². The molecule has 0 spiro atoms. The van der Waals surface area contributed by atoms with Crippen LogP contribution in [-0.2, 0) is 52.6 Å². The van der Waals surface area contributed by atoms with Gasteiger partial charge in [0.1, 0.15) is 0 Å². The second-order valence-electron chi connectivity index (χ2n) is 6.29. The molecule has 2 aliphatic rings. The van der Waals surface area contributed by atoms with Crippen LogP contribution in [0.5, 0.6) is 0 Å². The van der Waals surface area contributed by atoms with Gasteiger partial charge in [-0.15, -0.1) is 0 Å². The Kier molecular flexibility index (Phi) is 5.62. The predicted molar refractivity (Wildman–Crippen MR) is 83.4 cm³/mol. The first-order valence-corrected chi connectivity index (χ1v) is 10.4. The zero-order chi connectivity index (χ0) is 17.1. The molecule has 9 nitrogen and oxygen atoms in total. The Bertz CT molecular complexity index is 887. The number of phosphoric ester groups is 1. The molecule has 12 heteroatoms. The molecule has 1 saturated carbocycles. The second-order valence-corrected chi connectivity index (χ2v) is 8.92. The third kappa shape index (κ3) is 3.67. The fourth-order valence-corrected chi connectivity index (χ4v) is 5.68. The standard InChI is InChI=1S/C13H16N4O5PS.Y/c1-7-11-12(15-6-14-7)17-10-2-8(4-22-23(18,19)20)9(3-10)5-24(21)13(17)16-11;/h8-10H,2-5H2,1H3,(H2,18,19,20);/q-1;/t8-,9+,10-,24?;/m0./s1. The van der Waals surface area contributed by atoms with Crippen LogP contribution in [0.2, 0.25) is 0 Å². The fourth-order valence-electron chi connectivity index (χ4n) is 3.70. The zero-order valence-corrected chi connectivity index (χ0v) is 18.0. The molecule has 2 aromatic rings. The fraction of sp³-hybridized carbons (Fsp3) is 0.615. The summed E-state index contributed by atoms with van der Waals surface area (Å²) in [5.74, 6) is 0.431. The zero-order valence-electron chi connectivity index (χ0n) is 13.4. The van der Waals surface area contributed by atoms with Crippen molar-refractivity contribution < 1.29 is 55.8 Å². The number of fused-ring (bicyclic) bond motifs is 6. The van der Waals surface area contributed by atoms with E-state index in [0.29, 0.717) is 34.2 Å². The van der Waals surface area contributed by atoms with Crippen LogP contribution in [0.25, 0.3) is 11.2 Å². The van der Waals surface area contributed by atoms with Crippen molar-refractivity contribution in [3.8, 4) is 0 Å². The molecule has 1 aliphatic carbocycles. The number of nitrogens with zero attached hydrogens (tertiary/aromatic N) is 4. The summed E-state index contributed by atoms with van der Waals surface area (Å²) in [6.45, 7) is 1.77. The van der Waals surface area contributed by atoms with Gasteiger partial charge in [0.05, 0.1) is 17.4 Å². The van der Waals surface area contributed by atoms with Crippen molar-refractivity contribution in [2.45, 2.75) is 31.0 Å². The first-order chi connectivity index (χ1) is 11.3. The number of aromatic nitrogens is 4. The molecule has 1 unspecified atom stereocenters. The summed E-state index contributed by atoms with van der Waals surface area (Å²) >= 11 is 0. The average Bonchev–Trinajstić information content (AvgIpc) is 3.02. The molecule has 3 heterocycles. The molecule has 25 heavy (non-hydrogen) atoms. The number of phosphoric acid groups is 1. The van der Waals surface area contributed by atoms with E-state index in [9.17, 15) is 8.77 Å². The van der Waals surface area contributed by atoms with E-state index in [-0.39, 0.29) is 57.2 Å². The monoisotopic (exact) mass is 460 g/mol. The Morgan fingerprint density at radius 2 is 2.16 bits per heavy atom. The summed E-state index contributed by atoms with van der Waals surface area (Å²) in [5.41, 5.74) is 1.94. The van der Waals surface area contributed by atoms with Crippen molar-refractivity contribution in [1.29, 1.82) is 0 Å².